The van der Waals surface area contributed by atoms with Crippen molar-refractivity contribution in [2.45, 2.75) is 12.2 Å². The molecular formula is C22H18F4N6. The molecule has 1 atom stereocenters. The van der Waals surface area contributed by atoms with Crippen LogP contribution in [0, 0.1) is 5.82 Å². The summed E-state index contributed by atoms with van der Waals surface area (Å²) < 4.78 is 56.5. The van der Waals surface area contributed by atoms with Gasteiger partial charge < -0.3 is 4.90 Å². The molecule has 0 bridgehead atoms. The number of halogens is 4. The van der Waals surface area contributed by atoms with Gasteiger partial charge in [-0.15, -0.1) is 0 Å². The van der Waals surface area contributed by atoms with Crippen LogP contribution in [0.3, 0.4) is 0 Å². The van der Waals surface area contributed by atoms with Crippen molar-refractivity contribution in [3.05, 3.63) is 89.9 Å². The molecule has 0 spiro atoms. The van der Waals surface area contributed by atoms with Gasteiger partial charge in [0.2, 0.25) is 0 Å². The highest BCUT2D eigenvalue weighted by Gasteiger charge is 2.35. The predicted molar refractivity (Wildman–Crippen MR) is 110 cm³/mol. The highest BCUT2D eigenvalue weighted by molar-refractivity contribution is 5.58. The van der Waals surface area contributed by atoms with Crippen molar-refractivity contribution in [2.75, 3.05) is 11.9 Å². The van der Waals surface area contributed by atoms with E-state index in [0.717, 1.165) is 6.07 Å². The predicted octanol–water partition coefficient (Wildman–Crippen LogP) is 4.66. The minimum Gasteiger partial charge on any atom is -0.348 e. The molecule has 0 radical (unpaired) electrons. The molecule has 0 unspecified atom stereocenters. The molecule has 0 saturated carbocycles. The third-order valence-electron chi connectivity index (χ3n) is 4.90. The van der Waals surface area contributed by atoms with Crippen LogP contribution in [0.2, 0.25) is 0 Å². The van der Waals surface area contributed by atoms with E-state index in [-0.39, 0.29) is 11.6 Å². The molecule has 32 heavy (non-hydrogen) atoms. The topological polar surface area (TPSA) is 59.7 Å². The minimum absolute atomic E-state index is 0.0252. The van der Waals surface area contributed by atoms with Crippen LogP contribution in [0.25, 0.3) is 11.4 Å². The Bertz CT molecular complexity index is 1220. The molecule has 0 amide bonds. The molecule has 3 aromatic heterocycles. The van der Waals surface area contributed by atoms with E-state index in [0.29, 0.717) is 16.7 Å². The summed E-state index contributed by atoms with van der Waals surface area (Å²) in [6.07, 6.45) is 1.54. The third kappa shape index (κ3) is 4.43. The second-order valence-corrected chi connectivity index (χ2v) is 7.18. The molecule has 0 aliphatic heterocycles. The molecule has 0 fully saturated rings. The maximum atomic E-state index is 14.0. The number of hydrogen-bond acceptors (Lipinski definition) is 5. The molecule has 6 nitrogen and oxygen atoms in total. The van der Waals surface area contributed by atoms with Crippen LogP contribution in [0.5, 0.6) is 0 Å². The lowest BCUT2D eigenvalue weighted by atomic mass is 10.00. The number of rotatable bonds is 5. The van der Waals surface area contributed by atoms with Gasteiger partial charge in [0.15, 0.2) is 11.5 Å². The first-order valence-corrected chi connectivity index (χ1v) is 9.56. The fourth-order valence-corrected chi connectivity index (χ4v) is 3.42. The van der Waals surface area contributed by atoms with Gasteiger partial charge in [-0.2, -0.15) is 18.3 Å². The normalized spacial score (nSPS) is 12.6. The van der Waals surface area contributed by atoms with Gasteiger partial charge in [0.1, 0.15) is 11.6 Å². The first-order chi connectivity index (χ1) is 15.2. The Morgan fingerprint density at radius 2 is 1.75 bits per heavy atom. The maximum absolute atomic E-state index is 14.0. The SMILES string of the molecule is CN(c1cc(C(F)(F)F)nc(-c2ccncc2)n1)[C@H](c1cccc(F)c1)c1cnn(C)c1. The second-order valence-electron chi connectivity index (χ2n) is 7.18. The Kier molecular flexibility index (Phi) is 5.60. The van der Waals surface area contributed by atoms with Crippen molar-refractivity contribution in [2.24, 2.45) is 7.05 Å². The monoisotopic (exact) mass is 442 g/mol. The van der Waals surface area contributed by atoms with Crippen LogP contribution in [0.4, 0.5) is 23.4 Å². The van der Waals surface area contributed by atoms with Gasteiger partial charge >= 0.3 is 6.18 Å². The molecule has 1 aromatic carbocycles. The molecule has 3 heterocycles. The summed E-state index contributed by atoms with van der Waals surface area (Å²) in [4.78, 5) is 13.5. The average Bonchev–Trinajstić information content (AvgIpc) is 3.19. The number of hydrogen-bond donors (Lipinski definition) is 0. The quantitative estimate of drug-likeness (QED) is 0.421. The number of pyridine rings is 1. The van der Waals surface area contributed by atoms with E-state index in [4.69, 9.17) is 0 Å². The summed E-state index contributed by atoms with van der Waals surface area (Å²) in [7, 11) is 3.32. The lowest BCUT2D eigenvalue weighted by Crippen LogP contribution is -2.27. The van der Waals surface area contributed by atoms with E-state index in [9.17, 15) is 17.6 Å². The van der Waals surface area contributed by atoms with Gasteiger partial charge in [-0.3, -0.25) is 9.67 Å². The summed E-state index contributed by atoms with van der Waals surface area (Å²) >= 11 is 0. The number of nitrogens with zero attached hydrogens (tertiary/aromatic N) is 6. The molecule has 0 aliphatic rings. The van der Waals surface area contributed by atoms with E-state index >= 15 is 0 Å². The summed E-state index contributed by atoms with van der Waals surface area (Å²) in [6, 6.07) is 9.20. The van der Waals surface area contributed by atoms with Gasteiger partial charge in [0, 0.05) is 49.9 Å². The fraction of sp³-hybridized carbons (Fsp3) is 0.182. The van der Waals surface area contributed by atoms with Crippen molar-refractivity contribution in [3.63, 3.8) is 0 Å². The fourth-order valence-electron chi connectivity index (χ4n) is 3.42. The maximum Gasteiger partial charge on any atom is 0.433 e. The summed E-state index contributed by atoms with van der Waals surface area (Å²) in [5.74, 6) is -0.522. The third-order valence-corrected chi connectivity index (χ3v) is 4.90. The first-order valence-electron chi connectivity index (χ1n) is 9.56. The number of benzene rings is 1. The number of alkyl halides is 3. The molecule has 4 rings (SSSR count). The van der Waals surface area contributed by atoms with E-state index < -0.39 is 23.7 Å². The zero-order valence-corrected chi connectivity index (χ0v) is 17.1. The number of anilines is 1. The van der Waals surface area contributed by atoms with Gasteiger partial charge in [-0.25, -0.2) is 14.4 Å². The lowest BCUT2D eigenvalue weighted by molar-refractivity contribution is -0.141. The smallest absolute Gasteiger partial charge is 0.348 e. The zero-order valence-electron chi connectivity index (χ0n) is 17.1. The van der Waals surface area contributed by atoms with Crippen molar-refractivity contribution in [1.82, 2.24) is 24.7 Å². The van der Waals surface area contributed by atoms with Crippen molar-refractivity contribution in [1.29, 1.82) is 0 Å². The first kappa shape index (κ1) is 21.4. The Morgan fingerprint density at radius 3 is 2.38 bits per heavy atom. The van der Waals surface area contributed by atoms with Crippen LogP contribution >= 0.6 is 0 Å². The van der Waals surface area contributed by atoms with Crippen molar-refractivity contribution in [3.8, 4) is 11.4 Å². The summed E-state index contributed by atoms with van der Waals surface area (Å²) in [5.41, 5.74) is 0.520. The van der Waals surface area contributed by atoms with E-state index in [1.807, 2.05) is 0 Å². The number of aryl methyl sites for hydroxylation is 1. The number of aromatic nitrogens is 5. The van der Waals surface area contributed by atoms with Gasteiger partial charge in [-0.05, 0) is 29.8 Å². The van der Waals surface area contributed by atoms with Crippen LogP contribution in [-0.4, -0.2) is 31.8 Å². The molecule has 164 valence electrons. The lowest BCUT2D eigenvalue weighted by Gasteiger charge is -2.29. The standard InChI is InChI=1S/C22H18F4N6/c1-31-13-16(12-28-31)20(15-4-3-5-17(23)10-15)32(2)19-11-18(22(24,25)26)29-21(30-19)14-6-8-27-9-7-14/h3-13,20H,1-2H3/t20-/m1/s1. The Labute approximate surface area is 181 Å². The molecule has 4 aromatic rings. The van der Waals surface area contributed by atoms with E-state index in [1.54, 1.807) is 48.2 Å². The highest BCUT2D eigenvalue weighted by Crippen LogP contribution is 2.35. The Balaban J connectivity index is 1.87. The second kappa shape index (κ2) is 8.37. The largest absolute Gasteiger partial charge is 0.433 e. The van der Waals surface area contributed by atoms with E-state index in [1.165, 1.54) is 36.7 Å². The molecule has 0 aliphatic carbocycles. The van der Waals surface area contributed by atoms with Crippen LogP contribution < -0.4 is 4.90 Å². The van der Waals surface area contributed by atoms with Crippen LogP contribution in [0.15, 0.2) is 67.3 Å². The summed E-state index contributed by atoms with van der Waals surface area (Å²) in [5, 5.41) is 4.16. The molecular weight excluding hydrogens is 424 g/mol. The molecule has 10 heteroatoms. The molecule has 0 N–H and O–H groups in total. The van der Waals surface area contributed by atoms with Crippen molar-refractivity contribution >= 4 is 5.82 Å². The van der Waals surface area contributed by atoms with Gasteiger partial charge in [0.25, 0.3) is 0 Å². The van der Waals surface area contributed by atoms with Crippen LogP contribution in [0.1, 0.15) is 22.9 Å². The average molecular weight is 442 g/mol. The van der Waals surface area contributed by atoms with Gasteiger partial charge in [0.05, 0.1) is 12.2 Å². The Morgan fingerprint density at radius 1 is 1.00 bits per heavy atom. The minimum atomic E-state index is -4.68. The van der Waals surface area contributed by atoms with Crippen LogP contribution in [-0.2, 0) is 13.2 Å². The zero-order chi connectivity index (χ0) is 22.9. The molecule has 0 saturated heterocycles. The van der Waals surface area contributed by atoms with E-state index in [2.05, 4.69) is 20.1 Å². The summed E-state index contributed by atoms with van der Waals surface area (Å²) in [6.45, 7) is 0. The highest BCUT2D eigenvalue weighted by atomic mass is 19.4. The van der Waals surface area contributed by atoms with Gasteiger partial charge in [-0.1, -0.05) is 12.1 Å². The Hall–Kier alpha value is -3.82. The van der Waals surface area contributed by atoms with Crippen molar-refractivity contribution < 1.29 is 17.6 Å².